The maximum Gasteiger partial charge on any atom is 0.317 e. The van der Waals surface area contributed by atoms with Gasteiger partial charge in [-0.1, -0.05) is 0 Å². The largest absolute Gasteiger partial charge is 0.497 e. The third kappa shape index (κ3) is 22.1. The molecule has 0 aliphatic carbocycles. The molecule has 65 heavy (non-hydrogen) atoms. The smallest absolute Gasteiger partial charge is 0.317 e. The standard InChI is InChI=1S/C31H40F5N5O7S.C9H14O7/c1-43-23-7-5-21(6-8-23)40-31(49)39-10-3-2-4-22(41-37)20-38-11-13-45-15-17-47-19-18-46-16-14-44-12-9-24(42)48-30-28(35)26(33)25(32)27(34)29(30)36;10-6-2-4(16-3-7(6)11)1-5(8(12)13)9(14)15/h5-8,20H,2-4,9-19,37H2,1H3,(H2,39,40,49);4-7,10-11H,1-3H2,(H,12,13)(H,14,15)/b38-20?,41-22-;. The second-order valence-corrected chi connectivity index (χ2v) is 14.0. The van der Waals surface area contributed by atoms with Crippen LogP contribution in [0, 0.1) is 35.0 Å². The molecule has 0 spiro atoms. The number of anilines is 1. The lowest BCUT2D eigenvalue weighted by atomic mass is 9.94. The van der Waals surface area contributed by atoms with Crippen molar-refractivity contribution in [1.82, 2.24) is 5.32 Å². The fourth-order valence-electron chi connectivity index (χ4n) is 5.26. The molecule has 364 valence electrons. The number of hydrogen-bond acceptors (Lipinski definition) is 16. The molecule has 0 aromatic heterocycles. The molecule has 2 aromatic rings. The fraction of sp³-hybridized carbons (Fsp3) is 0.550. The number of rotatable bonds is 28. The van der Waals surface area contributed by atoms with Crippen LogP contribution in [-0.2, 0) is 38.1 Å². The summed E-state index contributed by atoms with van der Waals surface area (Å²) >= 11 is 5.31. The summed E-state index contributed by atoms with van der Waals surface area (Å²) in [5.74, 6) is -12.3. The second kappa shape index (κ2) is 31.7. The summed E-state index contributed by atoms with van der Waals surface area (Å²) in [5.41, 5.74) is 1.55. The van der Waals surface area contributed by atoms with Crippen LogP contribution >= 0.6 is 12.2 Å². The maximum absolute atomic E-state index is 13.6. The number of aliphatic imine (C=N–C) groups is 1. The van der Waals surface area contributed by atoms with Gasteiger partial charge in [0.05, 0.1) is 97.5 Å². The first-order valence-electron chi connectivity index (χ1n) is 20.0. The van der Waals surface area contributed by atoms with E-state index in [1.807, 2.05) is 24.3 Å². The number of ether oxygens (including phenoxy) is 7. The summed E-state index contributed by atoms with van der Waals surface area (Å²) in [4.78, 5) is 37.2. The molecule has 1 heterocycles. The molecule has 3 rings (SSSR count). The van der Waals surface area contributed by atoms with Crippen LogP contribution in [0.4, 0.5) is 27.6 Å². The molecule has 1 saturated heterocycles. The number of carbonyl (C=O) groups excluding carboxylic acids is 1. The number of nitrogens with two attached hydrogens (primary N) is 1. The number of carboxylic acids is 2. The Balaban J connectivity index is 0.000000759. The number of esters is 1. The molecule has 2 aromatic carbocycles. The Hall–Kier alpha value is -5.15. The van der Waals surface area contributed by atoms with Crippen molar-refractivity contribution in [1.29, 1.82) is 0 Å². The van der Waals surface area contributed by atoms with Crippen LogP contribution < -0.4 is 25.9 Å². The predicted molar refractivity (Wildman–Crippen MR) is 226 cm³/mol. The Morgan fingerprint density at radius 2 is 1.38 bits per heavy atom. The van der Waals surface area contributed by atoms with Crippen LogP contribution in [0.25, 0.3) is 0 Å². The van der Waals surface area contributed by atoms with Crippen LogP contribution in [-0.4, -0.2) is 153 Å². The van der Waals surface area contributed by atoms with E-state index in [2.05, 4.69) is 25.5 Å². The summed E-state index contributed by atoms with van der Waals surface area (Å²) < 4.78 is 102. The van der Waals surface area contributed by atoms with E-state index in [0.717, 1.165) is 24.3 Å². The monoisotopic (exact) mass is 955 g/mol. The average Bonchev–Trinajstić information content (AvgIpc) is 3.28. The van der Waals surface area contributed by atoms with Crippen LogP contribution in [0.2, 0.25) is 0 Å². The summed E-state index contributed by atoms with van der Waals surface area (Å²) in [6, 6.07) is 7.46. The Morgan fingerprint density at radius 1 is 0.831 bits per heavy atom. The molecular formula is C40H54F5N5O14S. The number of methoxy groups -OCH3 is 1. The molecule has 0 radical (unpaired) electrons. The molecule has 1 aliphatic heterocycles. The van der Waals surface area contributed by atoms with Crippen molar-refractivity contribution >= 4 is 52.9 Å². The van der Waals surface area contributed by atoms with Crippen molar-refractivity contribution in [3.63, 3.8) is 0 Å². The van der Waals surface area contributed by atoms with Crippen molar-refractivity contribution in [2.45, 2.75) is 56.8 Å². The van der Waals surface area contributed by atoms with E-state index in [1.165, 1.54) is 0 Å². The number of halogens is 5. The van der Waals surface area contributed by atoms with Crippen LogP contribution in [0.15, 0.2) is 34.4 Å². The summed E-state index contributed by atoms with van der Waals surface area (Å²) in [6.07, 6.45) is 0.707. The van der Waals surface area contributed by atoms with Crippen molar-refractivity contribution in [3.05, 3.63) is 53.4 Å². The minimum absolute atomic E-state index is 0.0399. The molecule has 8 N–H and O–H groups in total. The van der Waals surface area contributed by atoms with Gasteiger partial charge in [-0.15, -0.1) is 0 Å². The first-order valence-corrected chi connectivity index (χ1v) is 20.4. The van der Waals surface area contributed by atoms with E-state index < -0.39 is 83.4 Å². The van der Waals surface area contributed by atoms with E-state index in [9.17, 15) is 41.4 Å². The number of nitrogens with zero attached hydrogens (tertiary/aromatic N) is 2. The molecule has 3 atom stereocenters. The minimum Gasteiger partial charge on any atom is -0.497 e. The molecule has 3 unspecified atom stereocenters. The third-order valence-corrected chi connectivity index (χ3v) is 9.01. The van der Waals surface area contributed by atoms with E-state index in [0.29, 0.717) is 56.8 Å². The lowest BCUT2D eigenvalue weighted by molar-refractivity contribution is -0.161. The van der Waals surface area contributed by atoms with Gasteiger partial charge in [-0.2, -0.15) is 13.9 Å². The van der Waals surface area contributed by atoms with Gasteiger partial charge in [0.2, 0.25) is 34.8 Å². The third-order valence-electron chi connectivity index (χ3n) is 8.76. The summed E-state index contributed by atoms with van der Waals surface area (Å²) in [6.45, 7) is 2.68. The quantitative estimate of drug-likeness (QED) is 0.00552. The van der Waals surface area contributed by atoms with E-state index in [4.69, 9.17) is 61.8 Å². The first kappa shape index (κ1) is 56.0. The van der Waals surface area contributed by atoms with Crippen molar-refractivity contribution in [3.8, 4) is 11.5 Å². The Morgan fingerprint density at radius 3 is 1.92 bits per heavy atom. The van der Waals surface area contributed by atoms with Gasteiger partial charge in [-0.25, -0.2) is 13.2 Å². The number of benzene rings is 2. The van der Waals surface area contributed by atoms with Gasteiger partial charge >= 0.3 is 17.9 Å². The normalized spacial score (nSPS) is 16.2. The highest BCUT2D eigenvalue weighted by Crippen LogP contribution is 2.29. The number of thiocarbonyl (C=S) groups is 1. The highest BCUT2D eigenvalue weighted by Gasteiger charge is 2.35. The number of unbranched alkanes of at least 4 members (excludes halogenated alkanes) is 1. The van der Waals surface area contributed by atoms with Gasteiger partial charge in [-0.3, -0.25) is 19.4 Å². The molecule has 1 aliphatic rings. The fourth-order valence-corrected chi connectivity index (χ4v) is 5.48. The number of hydrazone groups is 1. The van der Waals surface area contributed by atoms with Gasteiger partial charge < -0.3 is 70.1 Å². The van der Waals surface area contributed by atoms with Crippen molar-refractivity contribution in [2.24, 2.45) is 21.9 Å². The minimum atomic E-state index is -2.35. The molecular weight excluding hydrogens is 902 g/mol. The average molecular weight is 956 g/mol. The zero-order valence-electron chi connectivity index (χ0n) is 35.4. The van der Waals surface area contributed by atoms with Crippen LogP contribution in [0.3, 0.4) is 0 Å². The number of nitrogens with one attached hydrogen (secondary N) is 2. The predicted octanol–water partition coefficient (Wildman–Crippen LogP) is 2.97. The Kier molecular flexibility index (Phi) is 27.3. The van der Waals surface area contributed by atoms with E-state index in [-0.39, 0.29) is 45.9 Å². The maximum atomic E-state index is 13.6. The van der Waals surface area contributed by atoms with Gasteiger partial charge in [0.15, 0.2) is 11.0 Å². The lowest BCUT2D eigenvalue weighted by Gasteiger charge is -2.31. The number of aliphatic hydroxyl groups is 2. The highest BCUT2D eigenvalue weighted by atomic mass is 32.1. The zero-order valence-corrected chi connectivity index (χ0v) is 36.2. The number of aliphatic carboxylic acids is 2. The molecule has 0 bridgehead atoms. The van der Waals surface area contributed by atoms with Crippen molar-refractivity contribution < 1.29 is 89.9 Å². The molecule has 0 amide bonds. The van der Waals surface area contributed by atoms with Gasteiger partial charge in [0, 0.05) is 24.9 Å². The second-order valence-electron chi connectivity index (χ2n) is 13.6. The van der Waals surface area contributed by atoms with Gasteiger partial charge in [0.25, 0.3) is 0 Å². The number of aliphatic hydroxyl groups excluding tert-OH is 2. The molecule has 19 nitrogen and oxygen atoms in total. The molecule has 1 fully saturated rings. The summed E-state index contributed by atoms with van der Waals surface area (Å²) in [7, 11) is 1.61. The molecule has 25 heteroatoms. The molecule has 0 saturated carbocycles. The number of carbonyl (C=O) groups is 3. The SMILES string of the molecule is COc1ccc(NC(=S)NCCCC/C(C=NCCOCCOCCOCCOCCC(=O)Oc2c(F)c(F)c(F)c(F)c2F)=N/N)cc1.O=C(O)C(CC1CC(O)C(O)CO1)C(=O)O. The van der Waals surface area contributed by atoms with Crippen LogP contribution in [0.5, 0.6) is 11.5 Å². The lowest BCUT2D eigenvalue weighted by Crippen LogP contribution is -2.43. The van der Waals surface area contributed by atoms with E-state index >= 15 is 0 Å². The Bertz CT molecular complexity index is 1810. The zero-order chi connectivity index (χ0) is 48.1. The van der Waals surface area contributed by atoms with Crippen LogP contribution in [0.1, 0.15) is 38.5 Å². The van der Waals surface area contributed by atoms with Crippen molar-refractivity contribution in [2.75, 3.05) is 85.0 Å². The topological polar surface area (TPSA) is 272 Å². The van der Waals surface area contributed by atoms with E-state index in [1.54, 1.807) is 13.3 Å². The van der Waals surface area contributed by atoms with Gasteiger partial charge in [-0.05, 0) is 62.2 Å². The van der Waals surface area contributed by atoms with Gasteiger partial charge in [0.1, 0.15) is 11.9 Å². The Labute approximate surface area is 376 Å². The number of carboxylic acid groups (broad SMARTS) is 2. The summed E-state index contributed by atoms with van der Waals surface area (Å²) in [5, 5.41) is 46.3. The first-order chi connectivity index (χ1) is 31.1. The number of hydrogen-bond donors (Lipinski definition) is 7. The highest BCUT2D eigenvalue weighted by molar-refractivity contribution is 7.80.